The third kappa shape index (κ3) is 2.47. The van der Waals surface area contributed by atoms with Gasteiger partial charge in [0, 0.05) is 18.5 Å². The largest absolute Gasteiger partial charge is 0.466 e. The molecule has 0 bridgehead atoms. The van der Waals surface area contributed by atoms with Gasteiger partial charge in [0.1, 0.15) is 0 Å². The molecule has 1 N–H and O–H groups in total. The summed E-state index contributed by atoms with van der Waals surface area (Å²) in [5.74, 6) is -2.48. The van der Waals surface area contributed by atoms with E-state index in [1.807, 2.05) is 6.92 Å². The van der Waals surface area contributed by atoms with Gasteiger partial charge >= 0.3 is 5.97 Å². The molecule has 0 saturated carbocycles. The van der Waals surface area contributed by atoms with Crippen LogP contribution in [0.15, 0.2) is 18.2 Å². The second kappa shape index (κ2) is 5.25. The molecule has 0 radical (unpaired) electrons. The monoisotopic (exact) mass is 269 g/mol. The fourth-order valence-electron chi connectivity index (χ4n) is 2.57. The van der Waals surface area contributed by atoms with E-state index in [0.29, 0.717) is 25.3 Å². The summed E-state index contributed by atoms with van der Waals surface area (Å²) in [4.78, 5) is 12.0. The van der Waals surface area contributed by atoms with Crippen molar-refractivity contribution < 1.29 is 18.3 Å². The quantitative estimate of drug-likeness (QED) is 0.853. The molecule has 0 aliphatic carbocycles. The summed E-state index contributed by atoms with van der Waals surface area (Å²) in [7, 11) is 0. The Hall–Kier alpha value is -1.49. The molecule has 1 aromatic rings. The molecule has 0 amide bonds. The predicted molar refractivity (Wildman–Crippen MR) is 66.7 cm³/mol. The zero-order valence-electron chi connectivity index (χ0n) is 11.0. The molecular weight excluding hydrogens is 252 g/mol. The molecule has 1 aromatic carbocycles. The topological polar surface area (TPSA) is 38.3 Å². The number of benzene rings is 1. The van der Waals surface area contributed by atoms with Gasteiger partial charge in [-0.3, -0.25) is 4.79 Å². The van der Waals surface area contributed by atoms with E-state index in [-0.39, 0.29) is 5.97 Å². The van der Waals surface area contributed by atoms with Crippen molar-refractivity contribution in [3.63, 3.8) is 0 Å². The lowest BCUT2D eigenvalue weighted by molar-refractivity contribution is -0.149. The van der Waals surface area contributed by atoms with Crippen LogP contribution in [0.4, 0.5) is 8.78 Å². The Morgan fingerprint density at radius 3 is 2.84 bits per heavy atom. The van der Waals surface area contributed by atoms with Crippen LogP contribution in [-0.2, 0) is 14.9 Å². The molecule has 104 valence electrons. The fourth-order valence-corrected chi connectivity index (χ4v) is 2.57. The second-order valence-electron chi connectivity index (χ2n) is 4.98. The highest BCUT2D eigenvalue weighted by atomic mass is 19.2. The summed E-state index contributed by atoms with van der Waals surface area (Å²) >= 11 is 0. The maximum absolute atomic E-state index is 13.4. The average molecular weight is 269 g/mol. The molecule has 2 unspecified atom stereocenters. The Kier molecular flexibility index (Phi) is 3.85. The van der Waals surface area contributed by atoms with Crippen molar-refractivity contribution in [1.82, 2.24) is 5.32 Å². The summed E-state index contributed by atoms with van der Waals surface area (Å²) in [6.07, 6.45) is 0. The Balaban J connectivity index is 2.34. The molecule has 0 aromatic heterocycles. The standard InChI is InChI=1S/C14H17F2NO2/c1-3-19-13(18)10-7-17-8-14(10,2)9-4-5-11(15)12(16)6-9/h4-6,10,17H,3,7-8H2,1-2H3. The zero-order valence-corrected chi connectivity index (χ0v) is 11.0. The fraction of sp³-hybridized carbons (Fsp3) is 0.500. The summed E-state index contributed by atoms with van der Waals surface area (Å²) in [6, 6.07) is 3.78. The first kappa shape index (κ1) is 13.9. The number of hydrogen-bond donors (Lipinski definition) is 1. The minimum Gasteiger partial charge on any atom is -0.466 e. The molecule has 19 heavy (non-hydrogen) atoms. The second-order valence-corrected chi connectivity index (χ2v) is 4.98. The van der Waals surface area contributed by atoms with Crippen molar-refractivity contribution in [1.29, 1.82) is 0 Å². The molecule has 1 aliphatic heterocycles. The highest BCUT2D eigenvalue weighted by molar-refractivity contribution is 5.75. The van der Waals surface area contributed by atoms with Gasteiger partial charge in [-0.1, -0.05) is 13.0 Å². The third-order valence-electron chi connectivity index (χ3n) is 3.76. The van der Waals surface area contributed by atoms with Gasteiger partial charge in [0.15, 0.2) is 11.6 Å². The van der Waals surface area contributed by atoms with Crippen LogP contribution < -0.4 is 5.32 Å². The molecule has 1 fully saturated rings. The van der Waals surface area contributed by atoms with Gasteiger partial charge in [-0.05, 0) is 24.6 Å². The maximum Gasteiger partial charge on any atom is 0.311 e. The Morgan fingerprint density at radius 1 is 1.47 bits per heavy atom. The van der Waals surface area contributed by atoms with Crippen molar-refractivity contribution in [2.75, 3.05) is 19.7 Å². The molecule has 1 saturated heterocycles. The Labute approximate surface area is 111 Å². The molecule has 5 heteroatoms. The number of esters is 1. The van der Waals surface area contributed by atoms with Gasteiger partial charge in [-0.2, -0.15) is 0 Å². The van der Waals surface area contributed by atoms with E-state index >= 15 is 0 Å². The Bertz CT molecular complexity index is 492. The van der Waals surface area contributed by atoms with Crippen LogP contribution in [0.25, 0.3) is 0 Å². The molecule has 0 spiro atoms. The number of rotatable bonds is 3. The van der Waals surface area contributed by atoms with E-state index in [2.05, 4.69) is 5.32 Å². The van der Waals surface area contributed by atoms with Crippen LogP contribution in [0.2, 0.25) is 0 Å². The van der Waals surface area contributed by atoms with E-state index in [1.165, 1.54) is 6.07 Å². The van der Waals surface area contributed by atoms with Crippen LogP contribution in [0.3, 0.4) is 0 Å². The molecule has 2 atom stereocenters. The zero-order chi connectivity index (χ0) is 14.0. The van der Waals surface area contributed by atoms with Crippen molar-refractivity contribution in [2.24, 2.45) is 5.92 Å². The first-order chi connectivity index (χ1) is 8.99. The smallest absolute Gasteiger partial charge is 0.311 e. The lowest BCUT2D eigenvalue weighted by Crippen LogP contribution is -2.37. The van der Waals surface area contributed by atoms with E-state index in [1.54, 1.807) is 6.92 Å². The van der Waals surface area contributed by atoms with Gasteiger partial charge in [0.2, 0.25) is 0 Å². The van der Waals surface area contributed by atoms with E-state index < -0.39 is 23.0 Å². The van der Waals surface area contributed by atoms with Crippen LogP contribution >= 0.6 is 0 Å². The van der Waals surface area contributed by atoms with Crippen molar-refractivity contribution >= 4 is 5.97 Å². The number of carbonyl (C=O) groups is 1. The molecule has 2 rings (SSSR count). The molecular formula is C14H17F2NO2. The summed E-state index contributed by atoms with van der Waals surface area (Å²) in [6.45, 7) is 4.93. The summed E-state index contributed by atoms with van der Waals surface area (Å²) in [5, 5.41) is 3.12. The van der Waals surface area contributed by atoms with Crippen LogP contribution in [0.5, 0.6) is 0 Å². The van der Waals surface area contributed by atoms with Crippen LogP contribution in [0, 0.1) is 17.6 Å². The lowest BCUT2D eigenvalue weighted by Gasteiger charge is -2.29. The minimum atomic E-state index is -0.895. The van der Waals surface area contributed by atoms with Crippen molar-refractivity contribution in [3.05, 3.63) is 35.4 Å². The Morgan fingerprint density at radius 2 is 2.21 bits per heavy atom. The SMILES string of the molecule is CCOC(=O)C1CNCC1(C)c1ccc(F)c(F)c1. The van der Waals surface area contributed by atoms with Gasteiger partial charge in [-0.15, -0.1) is 0 Å². The van der Waals surface area contributed by atoms with Crippen LogP contribution in [0.1, 0.15) is 19.4 Å². The first-order valence-corrected chi connectivity index (χ1v) is 6.32. The van der Waals surface area contributed by atoms with Crippen LogP contribution in [-0.4, -0.2) is 25.7 Å². The first-order valence-electron chi connectivity index (χ1n) is 6.32. The highest BCUT2D eigenvalue weighted by Crippen LogP contribution is 2.36. The average Bonchev–Trinajstić information content (AvgIpc) is 2.76. The van der Waals surface area contributed by atoms with Crippen molar-refractivity contribution in [2.45, 2.75) is 19.3 Å². The van der Waals surface area contributed by atoms with Gasteiger partial charge in [0.25, 0.3) is 0 Å². The normalized spacial score (nSPS) is 26.4. The molecule has 3 nitrogen and oxygen atoms in total. The van der Waals surface area contributed by atoms with Crippen molar-refractivity contribution in [3.8, 4) is 0 Å². The number of ether oxygens (including phenoxy) is 1. The third-order valence-corrected chi connectivity index (χ3v) is 3.76. The van der Waals surface area contributed by atoms with E-state index in [4.69, 9.17) is 4.74 Å². The number of halogens is 2. The van der Waals surface area contributed by atoms with E-state index in [9.17, 15) is 13.6 Å². The number of hydrogen-bond acceptors (Lipinski definition) is 3. The van der Waals surface area contributed by atoms with Gasteiger partial charge in [0.05, 0.1) is 12.5 Å². The molecule has 1 heterocycles. The summed E-state index contributed by atoms with van der Waals surface area (Å²) < 4.78 is 31.4. The van der Waals surface area contributed by atoms with Gasteiger partial charge < -0.3 is 10.1 Å². The predicted octanol–water partition coefficient (Wildman–Crippen LogP) is 2.00. The highest BCUT2D eigenvalue weighted by Gasteiger charge is 2.45. The summed E-state index contributed by atoms with van der Waals surface area (Å²) in [5.41, 5.74) is 0.0234. The lowest BCUT2D eigenvalue weighted by atomic mass is 9.74. The number of nitrogens with one attached hydrogen (secondary N) is 1. The van der Waals surface area contributed by atoms with Gasteiger partial charge in [-0.25, -0.2) is 8.78 Å². The maximum atomic E-state index is 13.4. The minimum absolute atomic E-state index is 0.306. The number of carbonyl (C=O) groups excluding carboxylic acids is 1. The van der Waals surface area contributed by atoms with E-state index in [0.717, 1.165) is 12.1 Å². The molecule has 1 aliphatic rings.